The van der Waals surface area contributed by atoms with Gasteiger partial charge in [-0.3, -0.25) is 4.98 Å². The summed E-state index contributed by atoms with van der Waals surface area (Å²) in [5, 5.41) is 0.760. The van der Waals surface area contributed by atoms with Crippen LogP contribution in [0.4, 0.5) is 0 Å². The highest BCUT2D eigenvalue weighted by atomic mass is 35.5. The Labute approximate surface area is 132 Å². The molecule has 0 unspecified atom stereocenters. The number of esters is 1. The normalized spacial score (nSPS) is 10.3. The number of halogens is 2. The first-order valence-corrected chi connectivity index (χ1v) is 6.99. The van der Waals surface area contributed by atoms with Crippen LogP contribution in [0.2, 0.25) is 10.0 Å². The van der Waals surface area contributed by atoms with Crippen molar-refractivity contribution in [3.05, 3.63) is 46.1 Å². The molecule has 0 N–H and O–H groups in total. The molecule has 1 aromatic carbocycles. The van der Waals surface area contributed by atoms with Gasteiger partial charge in [-0.25, -0.2) is 4.79 Å². The summed E-state index contributed by atoms with van der Waals surface area (Å²) in [6, 6.07) is 6.66. The first-order chi connectivity index (χ1) is 10.1. The number of rotatable bonds is 4. The molecule has 0 aliphatic heterocycles. The Kier molecular flexibility index (Phi) is 5.04. The number of carbonyl (C=O) groups excluding carboxylic acids is 1. The standard InChI is InChI=1S/C15H13Cl2NO3/c1-3-21-15(19)9-4-6-11(18-8-9)13-12(20-2)7-5-10(16)14(13)17/h4-8H,3H2,1-2H3. The lowest BCUT2D eigenvalue weighted by molar-refractivity contribution is 0.0526. The highest BCUT2D eigenvalue weighted by Crippen LogP contribution is 2.39. The Morgan fingerprint density at radius 2 is 2.00 bits per heavy atom. The van der Waals surface area contributed by atoms with Crippen molar-refractivity contribution < 1.29 is 14.3 Å². The molecule has 0 aliphatic rings. The van der Waals surface area contributed by atoms with E-state index in [1.54, 1.807) is 31.2 Å². The maximum atomic E-state index is 11.6. The fourth-order valence-corrected chi connectivity index (χ4v) is 2.23. The lowest BCUT2D eigenvalue weighted by Crippen LogP contribution is -2.05. The molecule has 1 heterocycles. The molecule has 21 heavy (non-hydrogen) atoms. The van der Waals surface area contributed by atoms with Gasteiger partial charge in [0.2, 0.25) is 0 Å². The summed E-state index contributed by atoms with van der Waals surface area (Å²) >= 11 is 12.2. The minimum atomic E-state index is -0.416. The van der Waals surface area contributed by atoms with Crippen molar-refractivity contribution in [1.82, 2.24) is 4.98 Å². The summed E-state index contributed by atoms with van der Waals surface area (Å²) in [7, 11) is 1.54. The van der Waals surface area contributed by atoms with E-state index in [-0.39, 0.29) is 0 Å². The zero-order valence-electron chi connectivity index (χ0n) is 11.5. The summed E-state index contributed by atoms with van der Waals surface area (Å²) in [6.07, 6.45) is 1.43. The van der Waals surface area contributed by atoms with Crippen LogP contribution in [0.1, 0.15) is 17.3 Å². The zero-order valence-corrected chi connectivity index (χ0v) is 13.0. The Bertz CT molecular complexity index is 657. The Morgan fingerprint density at radius 1 is 1.24 bits per heavy atom. The van der Waals surface area contributed by atoms with E-state index in [4.69, 9.17) is 32.7 Å². The molecule has 0 aliphatic carbocycles. The number of pyridine rings is 1. The molecule has 0 saturated heterocycles. The SMILES string of the molecule is CCOC(=O)c1ccc(-c2c(OC)ccc(Cl)c2Cl)nc1. The smallest absolute Gasteiger partial charge is 0.339 e. The van der Waals surface area contributed by atoms with Crippen LogP contribution in [-0.4, -0.2) is 24.7 Å². The zero-order chi connectivity index (χ0) is 15.4. The summed E-state index contributed by atoms with van der Waals surface area (Å²) < 4.78 is 10.2. The minimum Gasteiger partial charge on any atom is -0.496 e. The van der Waals surface area contributed by atoms with Crippen LogP contribution in [0.5, 0.6) is 5.75 Å². The molecular weight excluding hydrogens is 313 g/mol. The second-order valence-corrected chi connectivity index (χ2v) is 4.88. The van der Waals surface area contributed by atoms with Crippen LogP contribution in [0.3, 0.4) is 0 Å². The number of nitrogens with zero attached hydrogens (tertiary/aromatic N) is 1. The van der Waals surface area contributed by atoms with Gasteiger partial charge in [0.15, 0.2) is 0 Å². The minimum absolute atomic E-state index is 0.314. The average molecular weight is 326 g/mol. The predicted octanol–water partition coefficient (Wildman–Crippen LogP) is 4.24. The van der Waals surface area contributed by atoms with Crippen LogP contribution in [0, 0.1) is 0 Å². The third-order valence-corrected chi connectivity index (χ3v) is 3.61. The molecule has 0 saturated carbocycles. The Hall–Kier alpha value is -1.78. The second-order valence-electron chi connectivity index (χ2n) is 4.09. The van der Waals surface area contributed by atoms with Crippen molar-refractivity contribution in [2.45, 2.75) is 6.92 Å². The number of carbonyl (C=O) groups is 1. The van der Waals surface area contributed by atoms with Crippen molar-refractivity contribution >= 4 is 29.2 Å². The molecule has 0 fully saturated rings. The van der Waals surface area contributed by atoms with Gasteiger partial charge in [-0.05, 0) is 31.2 Å². The molecule has 0 radical (unpaired) electrons. The first-order valence-electron chi connectivity index (χ1n) is 6.24. The predicted molar refractivity (Wildman–Crippen MR) is 82.2 cm³/mol. The molecule has 0 bridgehead atoms. The van der Waals surface area contributed by atoms with Crippen LogP contribution < -0.4 is 4.74 Å². The van der Waals surface area contributed by atoms with Crippen molar-refractivity contribution in [3.63, 3.8) is 0 Å². The average Bonchev–Trinajstić information content (AvgIpc) is 2.50. The van der Waals surface area contributed by atoms with Crippen LogP contribution in [0.25, 0.3) is 11.3 Å². The van der Waals surface area contributed by atoms with Gasteiger partial charge in [-0.1, -0.05) is 23.2 Å². The molecule has 110 valence electrons. The number of aromatic nitrogens is 1. The van der Waals surface area contributed by atoms with E-state index < -0.39 is 5.97 Å². The highest BCUT2D eigenvalue weighted by Gasteiger charge is 2.16. The van der Waals surface area contributed by atoms with Gasteiger partial charge in [0.25, 0.3) is 0 Å². The molecule has 1 aromatic heterocycles. The van der Waals surface area contributed by atoms with Crippen molar-refractivity contribution in [3.8, 4) is 17.0 Å². The summed E-state index contributed by atoms with van der Waals surface area (Å²) in [5.41, 5.74) is 1.52. The van der Waals surface area contributed by atoms with Crippen LogP contribution >= 0.6 is 23.2 Å². The molecular formula is C15H13Cl2NO3. The van der Waals surface area contributed by atoms with E-state index >= 15 is 0 Å². The number of benzene rings is 1. The van der Waals surface area contributed by atoms with Crippen LogP contribution in [0.15, 0.2) is 30.5 Å². The fourth-order valence-electron chi connectivity index (χ4n) is 1.82. The monoisotopic (exact) mass is 325 g/mol. The number of ether oxygens (including phenoxy) is 2. The molecule has 4 nitrogen and oxygen atoms in total. The van der Waals surface area contributed by atoms with E-state index in [1.807, 2.05) is 0 Å². The molecule has 2 rings (SSSR count). The van der Waals surface area contributed by atoms with Crippen molar-refractivity contribution in [2.75, 3.05) is 13.7 Å². The summed E-state index contributed by atoms with van der Waals surface area (Å²) in [4.78, 5) is 15.8. The van der Waals surface area contributed by atoms with Crippen molar-refractivity contribution in [2.24, 2.45) is 0 Å². The summed E-state index contributed by atoms with van der Waals surface area (Å²) in [5.74, 6) is 0.140. The van der Waals surface area contributed by atoms with Gasteiger partial charge in [-0.15, -0.1) is 0 Å². The quantitative estimate of drug-likeness (QED) is 0.789. The third-order valence-electron chi connectivity index (χ3n) is 2.81. The molecule has 0 amide bonds. The largest absolute Gasteiger partial charge is 0.496 e. The number of methoxy groups -OCH3 is 1. The molecule has 0 atom stereocenters. The van der Waals surface area contributed by atoms with Crippen LogP contribution in [-0.2, 0) is 4.74 Å². The molecule has 6 heteroatoms. The fraction of sp³-hybridized carbons (Fsp3) is 0.200. The van der Waals surface area contributed by atoms with Gasteiger partial charge < -0.3 is 9.47 Å². The van der Waals surface area contributed by atoms with E-state index in [1.165, 1.54) is 13.3 Å². The number of hydrogen-bond donors (Lipinski definition) is 0. The van der Waals surface area contributed by atoms with Gasteiger partial charge >= 0.3 is 5.97 Å². The van der Waals surface area contributed by atoms with E-state index in [9.17, 15) is 4.79 Å². The highest BCUT2D eigenvalue weighted by molar-refractivity contribution is 6.44. The maximum absolute atomic E-state index is 11.6. The second kappa shape index (κ2) is 6.78. The first kappa shape index (κ1) is 15.6. The number of hydrogen-bond acceptors (Lipinski definition) is 4. The van der Waals surface area contributed by atoms with Gasteiger partial charge in [0.1, 0.15) is 5.75 Å². The van der Waals surface area contributed by atoms with Gasteiger partial charge in [-0.2, -0.15) is 0 Å². The molecule has 0 spiro atoms. The van der Waals surface area contributed by atoms with Crippen molar-refractivity contribution in [1.29, 1.82) is 0 Å². The van der Waals surface area contributed by atoms with E-state index in [2.05, 4.69) is 4.98 Å². The van der Waals surface area contributed by atoms with Gasteiger partial charge in [0.05, 0.1) is 40.6 Å². The maximum Gasteiger partial charge on any atom is 0.339 e. The van der Waals surface area contributed by atoms with Gasteiger partial charge in [0, 0.05) is 6.20 Å². The topological polar surface area (TPSA) is 48.4 Å². The Morgan fingerprint density at radius 3 is 2.57 bits per heavy atom. The lowest BCUT2D eigenvalue weighted by atomic mass is 10.1. The Balaban J connectivity index is 2.44. The lowest BCUT2D eigenvalue weighted by Gasteiger charge is -2.11. The third kappa shape index (κ3) is 3.28. The summed E-state index contributed by atoms with van der Waals surface area (Å²) in [6.45, 7) is 2.06. The molecule has 2 aromatic rings. The van der Waals surface area contributed by atoms with E-state index in [0.717, 1.165) is 0 Å². The van der Waals surface area contributed by atoms with E-state index in [0.29, 0.717) is 39.2 Å².